The van der Waals surface area contributed by atoms with Gasteiger partial charge in [-0.1, -0.05) is 36.5 Å². The van der Waals surface area contributed by atoms with Gasteiger partial charge in [0.05, 0.1) is 0 Å². The van der Waals surface area contributed by atoms with E-state index in [0.29, 0.717) is 11.8 Å². The van der Waals surface area contributed by atoms with E-state index < -0.39 is 0 Å². The molecule has 0 rings (SSSR count). The van der Waals surface area contributed by atoms with Crippen molar-refractivity contribution in [2.24, 2.45) is 0 Å². The lowest BCUT2D eigenvalue weighted by Crippen LogP contribution is -1.95. The second kappa shape index (κ2) is 10.6. The standard InChI is InChI=1S/C12H18Cl2S2/c1-10(4-13)6-15-8-12(3)9-16-7-11(2)5-14/h1-9H2. The van der Waals surface area contributed by atoms with Crippen LogP contribution in [-0.2, 0) is 0 Å². The number of alkyl halides is 2. The van der Waals surface area contributed by atoms with Gasteiger partial charge in [-0.25, -0.2) is 0 Å². The monoisotopic (exact) mass is 296 g/mol. The van der Waals surface area contributed by atoms with Crippen LogP contribution in [0.2, 0.25) is 0 Å². The van der Waals surface area contributed by atoms with Gasteiger partial charge in [-0.05, 0) is 0 Å². The third kappa shape index (κ3) is 9.71. The van der Waals surface area contributed by atoms with E-state index in [4.69, 9.17) is 23.2 Å². The predicted molar refractivity (Wildman–Crippen MR) is 83.5 cm³/mol. The van der Waals surface area contributed by atoms with Gasteiger partial charge in [0, 0.05) is 34.8 Å². The fourth-order valence-corrected chi connectivity index (χ4v) is 3.11. The summed E-state index contributed by atoms with van der Waals surface area (Å²) in [6.07, 6.45) is 0. The van der Waals surface area contributed by atoms with Gasteiger partial charge in [0.25, 0.3) is 0 Å². The van der Waals surface area contributed by atoms with Gasteiger partial charge in [0.1, 0.15) is 0 Å². The van der Waals surface area contributed by atoms with E-state index in [9.17, 15) is 0 Å². The highest BCUT2D eigenvalue weighted by molar-refractivity contribution is 8.00. The molecule has 0 saturated heterocycles. The van der Waals surface area contributed by atoms with Crippen LogP contribution in [0.25, 0.3) is 0 Å². The Morgan fingerprint density at radius 2 is 1.00 bits per heavy atom. The lowest BCUT2D eigenvalue weighted by atomic mass is 10.4. The maximum absolute atomic E-state index is 5.64. The van der Waals surface area contributed by atoms with Crippen molar-refractivity contribution in [1.29, 1.82) is 0 Å². The van der Waals surface area contributed by atoms with E-state index in [2.05, 4.69) is 19.7 Å². The molecule has 0 amide bonds. The van der Waals surface area contributed by atoms with Crippen LogP contribution in [0, 0.1) is 0 Å². The average Bonchev–Trinajstić information content (AvgIpc) is 2.28. The minimum absolute atomic E-state index is 0.545. The average molecular weight is 297 g/mol. The molecule has 0 aliphatic rings. The van der Waals surface area contributed by atoms with Crippen LogP contribution in [0.4, 0.5) is 0 Å². The summed E-state index contributed by atoms with van der Waals surface area (Å²) in [6.45, 7) is 11.7. The van der Waals surface area contributed by atoms with Gasteiger partial charge in [-0.2, -0.15) is 23.5 Å². The van der Waals surface area contributed by atoms with Crippen LogP contribution in [-0.4, -0.2) is 34.8 Å². The second-order valence-corrected chi connectivity index (χ2v) is 6.01. The quantitative estimate of drug-likeness (QED) is 0.427. The molecule has 0 unspecified atom stereocenters. The van der Waals surface area contributed by atoms with E-state index in [0.717, 1.165) is 34.2 Å². The summed E-state index contributed by atoms with van der Waals surface area (Å²) in [5, 5.41) is 0. The Labute approximate surface area is 118 Å². The van der Waals surface area contributed by atoms with Crippen LogP contribution in [0.1, 0.15) is 0 Å². The molecule has 0 spiro atoms. The number of rotatable bonds is 10. The Morgan fingerprint density at radius 1 is 0.688 bits per heavy atom. The van der Waals surface area contributed by atoms with E-state index in [1.165, 1.54) is 5.57 Å². The number of hydrogen-bond acceptors (Lipinski definition) is 2. The predicted octanol–water partition coefficient (Wildman–Crippen LogP) is 4.60. The molecule has 0 saturated carbocycles. The largest absolute Gasteiger partial charge is 0.153 e. The zero-order valence-corrected chi connectivity index (χ0v) is 12.6. The Kier molecular flexibility index (Phi) is 11.0. The molecule has 0 heterocycles. The Hall–Kier alpha value is 0.500. The van der Waals surface area contributed by atoms with Gasteiger partial charge >= 0.3 is 0 Å². The zero-order chi connectivity index (χ0) is 12.4. The van der Waals surface area contributed by atoms with Crippen LogP contribution >= 0.6 is 46.7 Å². The fraction of sp³-hybridized carbons (Fsp3) is 0.500. The Balaban J connectivity index is 3.45. The van der Waals surface area contributed by atoms with Gasteiger partial charge in [0.2, 0.25) is 0 Å². The number of halogens is 2. The summed E-state index contributed by atoms with van der Waals surface area (Å²) in [5.74, 6) is 4.86. The minimum atomic E-state index is 0.545. The summed E-state index contributed by atoms with van der Waals surface area (Å²) < 4.78 is 0. The molecule has 0 nitrogen and oxygen atoms in total. The molecule has 0 atom stereocenters. The highest BCUT2D eigenvalue weighted by atomic mass is 35.5. The van der Waals surface area contributed by atoms with Crippen molar-refractivity contribution in [2.45, 2.75) is 0 Å². The second-order valence-electron chi connectivity index (χ2n) is 3.50. The lowest BCUT2D eigenvalue weighted by Gasteiger charge is -2.06. The minimum Gasteiger partial charge on any atom is -0.153 e. The van der Waals surface area contributed by atoms with Crippen LogP contribution in [0.5, 0.6) is 0 Å². The van der Waals surface area contributed by atoms with Crippen molar-refractivity contribution in [1.82, 2.24) is 0 Å². The van der Waals surface area contributed by atoms with Crippen molar-refractivity contribution < 1.29 is 0 Å². The molecule has 92 valence electrons. The summed E-state index contributed by atoms with van der Waals surface area (Å²) in [5.41, 5.74) is 3.38. The summed E-state index contributed by atoms with van der Waals surface area (Å²) >= 11 is 14.9. The van der Waals surface area contributed by atoms with E-state index in [1.807, 2.05) is 23.5 Å². The van der Waals surface area contributed by atoms with Crippen LogP contribution in [0.15, 0.2) is 36.5 Å². The SMILES string of the molecule is C=C(CCl)CSCC(=C)CSCC(=C)CCl. The molecule has 0 aromatic rings. The first-order chi connectivity index (χ1) is 7.60. The molecule has 0 radical (unpaired) electrons. The first-order valence-corrected chi connectivity index (χ1v) is 8.25. The topological polar surface area (TPSA) is 0 Å². The van der Waals surface area contributed by atoms with E-state index in [-0.39, 0.29) is 0 Å². The highest BCUT2D eigenvalue weighted by Crippen LogP contribution is 2.16. The zero-order valence-electron chi connectivity index (χ0n) is 9.44. The Bertz CT molecular complexity index is 225. The molecular formula is C12H18Cl2S2. The molecule has 16 heavy (non-hydrogen) atoms. The first kappa shape index (κ1) is 16.5. The third-order valence-corrected chi connectivity index (χ3v) is 4.81. The lowest BCUT2D eigenvalue weighted by molar-refractivity contribution is 1.40. The van der Waals surface area contributed by atoms with Crippen LogP contribution in [0.3, 0.4) is 0 Å². The van der Waals surface area contributed by atoms with Crippen LogP contribution < -0.4 is 0 Å². The van der Waals surface area contributed by atoms with Gasteiger partial charge in [-0.15, -0.1) is 23.2 Å². The van der Waals surface area contributed by atoms with Crippen molar-refractivity contribution in [3.63, 3.8) is 0 Å². The highest BCUT2D eigenvalue weighted by Gasteiger charge is 1.99. The molecule has 0 aromatic heterocycles. The van der Waals surface area contributed by atoms with Crippen molar-refractivity contribution >= 4 is 46.7 Å². The molecule has 4 heteroatoms. The van der Waals surface area contributed by atoms with E-state index in [1.54, 1.807) is 0 Å². The smallest absolute Gasteiger partial charge is 0.0439 e. The molecule has 0 bridgehead atoms. The van der Waals surface area contributed by atoms with Crippen molar-refractivity contribution in [3.8, 4) is 0 Å². The molecule has 0 aromatic carbocycles. The molecular weight excluding hydrogens is 279 g/mol. The summed E-state index contributed by atoms with van der Waals surface area (Å²) in [6, 6.07) is 0. The first-order valence-electron chi connectivity index (χ1n) is 4.87. The normalized spacial score (nSPS) is 10.1. The fourth-order valence-electron chi connectivity index (χ4n) is 0.798. The maximum atomic E-state index is 5.64. The van der Waals surface area contributed by atoms with Gasteiger partial charge in [0.15, 0.2) is 0 Å². The molecule has 0 N–H and O–H groups in total. The molecule has 0 aliphatic heterocycles. The van der Waals surface area contributed by atoms with Gasteiger partial charge in [-0.3, -0.25) is 0 Å². The van der Waals surface area contributed by atoms with Crippen molar-refractivity contribution in [2.75, 3.05) is 34.8 Å². The summed E-state index contributed by atoms with van der Waals surface area (Å²) in [4.78, 5) is 0. The van der Waals surface area contributed by atoms with Crippen molar-refractivity contribution in [3.05, 3.63) is 36.5 Å². The van der Waals surface area contributed by atoms with Gasteiger partial charge < -0.3 is 0 Å². The molecule has 0 fully saturated rings. The number of thioether (sulfide) groups is 2. The Morgan fingerprint density at radius 3 is 1.31 bits per heavy atom. The third-order valence-electron chi connectivity index (χ3n) is 1.60. The maximum Gasteiger partial charge on any atom is 0.0439 e. The molecule has 0 aliphatic carbocycles. The van der Waals surface area contributed by atoms with E-state index >= 15 is 0 Å². The number of hydrogen-bond donors (Lipinski definition) is 0. The summed E-state index contributed by atoms with van der Waals surface area (Å²) in [7, 11) is 0.